The van der Waals surface area contributed by atoms with Gasteiger partial charge >= 0.3 is 0 Å². The van der Waals surface area contributed by atoms with Crippen molar-refractivity contribution in [3.63, 3.8) is 0 Å². The normalized spacial score (nSPS) is 10.6. The third kappa shape index (κ3) is 4.52. The second-order valence-corrected chi connectivity index (χ2v) is 6.46. The van der Waals surface area contributed by atoms with Crippen LogP contribution in [0.4, 0.5) is 5.69 Å². The van der Waals surface area contributed by atoms with Crippen molar-refractivity contribution >= 4 is 35.0 Å². The fraction of sp³-hybridized carbons (Fsp3) is 0.316. The van der Waals surface area contributed by atoms with Gasteiger partial charge in [0.1, 0.15) is 5.88 Å². The Hall–Kier alpha value is -1.45. The monoisotopic (exact) mass is 347 g/mol. The van der Waals surface area contributed by atoms with Gasteiger partial charge in [-0.2, -0.15) is 0 Å². The summed E-state index contributed by atoms with van der Waals surface area (Å²) in [5, 5.41) is 0. The molecule has 0 aliphatic rings. The number of rotatable bonds is 7. The number of hydrogen-bond acceptors (Lipinski definition) is 2. The summed E-state index contributed by atoms with van der Waals surface area (Å²) in [6.45, 7) is 4.23. The third-order valence-electron chi connectivity index (χ3n) is 3.75. The van der Waals surface area contributed by atoms with Crippen molar-refractivity contribution in [1.82, 2.24) is 0 Å². The van der Waals surface area contributed by atoms with E-state index in [-0.39, 0.29) is 11.8 Å². The number of para-hydroxylation sites is 1. The second-order valence-electron chi connectivity index (χ2n) is 5.17. The number of alkyl halides is 1. The van der Waals surface area contributed by atoms with Gasteiger partial charge < -0.3 is 4.90 Å². The highest BCUT2D eigenvalue weighted by atomic mass is 35.5. The molecule has 0 aliphatic heterocycles. The lowest BCUT2D eigenvalue weighted by molar-refractivity contribution is -0.116. The number of nitrogens with zero attached hydrogens (tertiary/aromatic N) is 1. The zero-order valence-electron chi connectivity index (χ0n) is 13.6. The molecule has 122 valence electrons. The fourth-order valence-corrected chi connectivity index (χ4v) is 3.60. The molecule has 23 heavy (non-hydrogen) atoms. The molecule has 0 saturated heterocycles. The van der Waals surface area contributed by atoms with E-state index in [1.165, 1.54) is 11.1 Å². The van der Waals surface area contributed by atoms with Crippen molar-refractivity contribution in [2.45, 2.75) is 31.6 Å². The number of anilines is 1. The van der Waals surface area contributed by atoms with E-state index in [2.05, 4.69) is 44.2 Å². The van der Waals surface area contributed by atoms with Crippen LogP contribution in [-0.4, -0.2) is 17.7 Å². The van der Waals surface area contributed by atoms with Crippen LogP contribution < -0.4 is 4.90 Å². The predicted octanol–water partition coefficient (Wildman–Crippen LogP) is 5.13. The molecule has 1 amide bonds. The Kier molecular flexibility index (Phi) is 7.00. The minimum Gasteiger partial charge on any atom is -0.301 e. The molecule has 2 aromatic rings. The van der Waals surface area contributed by atoms with E-state index in [1.54, 1.807) is 11.8 Å². The Morgan fingerprint density at radius 3 is 2.13 bits per heavy atom. The fourth-order valence-electron chi connectivity index (χ4n) is 2.55. The quantitative estimate of drug-likeness (QED) is 0.393. The number of halogens is 1. The molecule has 0 aromatic heterocycles. The van der Waals surface area contributed by atoms with Crippen LogP contribution in [0, 0.1) is 0 Å². The Morgan fingerprint density at radius 2 is 1.61 bits per heavy atom. The standard InChI is InChI=1S/C19H22ClNOS/c1-3-15-9-8-10-16(4-2)19(15)21(18(22)13-20)14-23-17-11-6-5-7-12-17/h5-12H,3-4,13-14H2,1-2H3. The van der Waals surface area contributed by atoms with Gasteiger partial charge in [0.15, 0.2) is 0 Å². The summed E-state index contributed by atoms with van der Waals surface area (Å²) in [4.78, 5) is 15.4. The summed E-state index contributed by atoms with van der Waals surface area (Å²) in [6.07, 6.45) is 1.79. The van der Waals surface area contributed by atoms with E-state index in [0.717, 1.165) is 23.4 Å². The first-order valence-corrected chi connectivity index (χ1v) is 9.38. The van der Waals surface area contributed by atoms with E-state index >= 15 is 0 Å². The van der Waals surface area contributed by atoms with Crippen LogP contribution in [0.3, 0.4) is 0 Å². The third-order valence-corrected chi connectivity index (χ3v) is 4.98. The maximum Gasteiger partial charge on any atom is 0.242 e. The first kappa shape index (κ1) is 17.9. The van der Waals surface area contributed by atoms with Gasteiger partial charge in [0.2, 0.25) is 5.91 Å². The molecule has 2 nitrogen and oxygen atoms in total. The molecule has 2 rings (SSSR count). The second kappa shape index (κ2) is 8.99. The van der Waals surface area contributed by atoms with E-state index < -0.39 is 0 Å². The Balaban J connectivity index is 2.33. The molecule has 0 fully saturated rings. The van der Waals surface area contributed by atoms with E-state index in [0.29, 0.717) is 5.88 Å². The Bertz CT molecular complexity index is 623. The zero-order chi connectivity index (χ0) is 16.7. The van der Waals surface area contributed by atoms with Gasteiger partial charge in [0.25, 0.3) is 0 Å². The number of thioether (sulfide) groups is 1. The first-order chi connectivity index (χ1) is 11.2. The van der Waals surface area contributed by atoms with Crippen LogP contribution in [0.25, 0.3) is 0 Å². The van der Waals surface area contributed by atoms with Crippen LogP contribution in [-0.2, 0) is 17.6 Å². The van der Waals surface area contributed by atoms with Crippen molar-refractivity contribution in [3.8, 4) is 0 Å². The SMILES string of the molecule is CCc1cccc(CC)c1N(CSc1ccccc1)C(=O)CCl. The summed E-state index contributed by atoms with van der Waals surface area (Å²) in [6, 6.07) is 16.4. The molecule has 0 unspecified atom stereocenters. The molecule has 0 radical (unpaired) electrons. The lowest BCUT2D eigenvalue weighted by Crippen LogP contribution is -2.33. The summed E-state index contributed by atoms with van der Waals surface area (Å²) in [5.74, 6) is 0.515. The van der Waals surface area contributed by atoms with Crippen molar-refractivity contribution in [2.24, 2.45) is 0 Å². The van der Waals surface area contributed by atoms with Gasteiger partial charge in [-0.15, -0.1) is 23.4 Å². The lowest BCUT2D eigenvalue weighted by atomic mass is 10.0. The van der Waals surface area contributed by atoms with E-state index in [9.17, 15) is 4.79 Å². The Labute approximate surface area is 147 Å². The van der Waals surface area contributed by atoms with Gasteiger partial charge in [-0.1, -0.05) is 50.2 Å². The minimum atomic E-state index is -0.0503. The lowest BCUT2D eigenvalue weighted by Gasteiger charge is -2.26. The van der Waals surface area contributed by atoms with Crippen LogP contribution >= 0.6 is 23.4 Å². The van der Waals surface area contributed by atoms with Crippen LogP contribution in [0.15, 0.2) is 53.4 Å². The average Bonchev–Trinajstić information content (AvgIpc) is 2.62. The number of carbonyl (C=O) groups excluding carboxylic acids is 1. The molecule has 2 aromatic carbocycles. The van der Waals surface area contributed by atoms with Crippen LogP contribution in [0.5, 0.6) is 0 Å². The summed E-state index contributed by atoms with van der Waals surface area (Å²) in [5.41, 5.74) is 3.42. The molecule has 0 aliphatic carbocycles. The average molecular weight is 348 g/mol. The van der Waals surface area contributed by atoms with Crippen molar-refractivity contribution < 1.29 is 4.79 Å². The summed E-state index contributed by atoms with van der Waals surface area (Å²) >= 11 is 7.52. The molecule has 4 heteroatoms. The number of carbonyl (C=O) groups is 1. The molecule has 0 N–H and O–H groups in total. The topological polar surface area (TPSA) is 20.3 Å². The molecule has 0 spiro atoms. The van der Waals surface area contributed by atoms with Crippen molar-refractivity contribution in [3.05, 3.63) is 59.7 Å². The van der Waals surface area contributed by atoms with Gasteiger partial charge in [-0.3, -0.25) is 4.79 Å². The highest BCUT2D eigenvalue weighted by molar-refractivity contribution is 7.99. The highest BCUT2D eigenvalue weighted by Crippen LogP contribution is 2.30. The molecule has 0 bridgehead atoms. The maximum absolute atomic E-state index is 12.5. The molecule has 0 saturated carbocycles. The van der Waals surface area contributed by atoms with Crippen molar-refractivity contribution in [1.29, 1.82) is 0 Å². The Morgan fingerprint density at radius 1 is 1.00 bits per heavy atom. The number of hydrogen-bond donors (Lipinski definition) is 0. The molecule has 0 atom stereocenters. The van der Waals surface area contributed by atoms with Crippen LogP contribution in [0.2, 0.25) is 0 Å². The van der Waals surface area contributed by atoms with E-state index in [4.69, 9.17) is 11.6 Å². The number of aryl methyl sites for hydroxylation is 2. The van der Waals surface area contributed by atoms with Gasteiger partial charge in [-0.05, 0) is 36.1 Å². The highest BCUT2D eigenvalue weighted by Gasteiger charge is 2.20. The largest absolute Gasteiger partial charge is 0.301 e. The smallest absolute Gasteiger partial charge is 0.242 e. The molecular weight excluding hydrogens is 326 g/mol. The first-order valence-electron chi connectivity index (χ1n) is 7.86. The minimum absolute atomic E-state index is 0.00342. The van der Waals surface area contributed by atoms with Crippen molar-refractivity contribution in [2.75, 3.05) is 16.7 Å². The van der Waals surface area contributed by atoms with Gasteiger partial charge in [-0.25, -0.2) is 0 Å². The predicted molar refractivity (Wildman–Crippen MR) is 101 cm³/mol. The maximum atomic E-state index is 12.5. The molecular formula is C19H22ClNOS. The number of benzene rings is 2. The van der Waals surface area contributed by atoms with Gasteiger partial charge in [0.05, 0.1) is 11.6 Å². The van der Waals surface area contributed by atoms with Gasteiger partial charge in [0, 0.05) is 4.90 Å². The zero-order valence-corrected chi connectivity index (χ0v) is 15.2. The summed E-state index contributed by atoms with van der Waals surface area (Å²) < 4.78 is 0. The van der Waals surface area contributed by atoms with E-state index in [1.807, 2.05) is 23.1 Å². The van der Waals surface area contributed by atoms with Crippen LogP contribution in [0.1, 0.15) is 25.0 Å². The molecule has 0 heterocycles. The number of amides is 1. The summed E-state index contributed by atoms with van der Waals surface area (Å²) in [7, 11) is 0.